The maximum atomic E-state index is 12.8. The van der Waals surface area contributed by atoms with E-state index >= 15 is 0 Å². The molecule has 1 aliphatic heterocycles. The van der Waals surface area contributed by atoms with Gasteiger partial charge in [-0.05, 0) is 29.8 Å². The summed E-state index contributed by atoms with van der Waals surface area (Å²) >= 11 is 1.49. The number of hydrogen-bond donors (Lipinski definition) is 1. The molecule has 150 valence electrons. The van der Waals surface area contributed by atoms with E-state index in [4.69, 9.17) is 4.74 Å². The molecule has 0 bridgehead atoms. The molecule has 1 aromatic heterocycles. The van der Waals surface area contributed by atoms with Crippen molar-refractivity contribution < 1.29 is 9.53 Å². The van der Waals surface area contributed by atoms with Crippen molar-refractivity contribution in [3.05, 3.63) is 84.4 Å². The van der Waals surface area contributed by atoms with E-state index in [2.05, 4.69) is 33.4 Å². The first kappa shape index (κ1) is 18.6. The number of amides is 1. The van der Waals surface area contributed by atoms with Crippen molar-refractivity contribution >= 4 is 38.3 Å². The number of para-hydroxylation sites is 3. The average Bonchev–Trinajstić information content (AvgIpc) is 3.18. The summed E-state index contributed by atoms with van der Waals surface area (Å²) in [6.07, 6.45) is 0.330. The number of anilines is 2. The molecule has 1 unspecified atom stereocenters. The molecule has 0 radical (unpaired) electrons. The van der Waals surface area contributed by atoms with Crippen LogP contribution in [0.2, 0.25) is 0 Å². The molecule has 0 spiro atoms. The zero-order chi connectivity index (χ0) is 20.3. The number of carbonyl (C=O) groups is 1. The van der Waals surface area contributed by atoms with Gasteiger partial charge in [-0.3, -0.25) is 4.79 Å². The quantitative estimate of drug-likeness (QED) is 0.493. The third kappa shape index (κ3) is 3.86. The Labute approximate surface area is 178 Å². The van der Waals surface area contributed by atoms with Crippen LogP contribution in [0.3, 0.4) is 0 Å². The Balaban J connectivity index is 1.35. The molecule has 0 saturated carbocycles. The van der Waals surface area contributed by atoms with Crippen molar-refractivity contribution in [2.45, 2.75) is 19.0 Å². The van der Waals surface area contributed by atoms with Gasteiger partial charge in [-0.25, -0.2) is 4.98 Å². The Morgan fingerprint density at radius 1 is 1.03 bits per heavy atom. The number of carbonyl (C=O) groups excluding carboxylic acids is 1. The molecule has 1 aliphatic rings. The number of fused-ring (bicyclic) bond motifs is 2. The Bertz CT molecular complexity index is 1140. The van der Waals surface area contributed by atoms with Gasteiger partial charge in [0.2, 0.25) is 5.91 Å². The van der Waals surface area contributed by atoms with Crippen LogP contribution in [0.1, 0.15) is 12.0 Å². The first-order chi connectivity index (χ1) is 14.8. The van der Waals surface area contributed by atoms with E-state index in [9.17, 15) is 4.79 Å². The molecule has 0 fully saturated rings. The van der Waals surface area contributed by atoms with Crippen LogP contribution in [0.5, 0.6) is 5.75 Å². The van der Waals surface area contributed by atoms with Crippen LogP contribution in [0.15, 0.2) is 78.9 Å². The highest BCUT2D eigenvalue weighted by Gasteiger charge is 2.29. The van der Waals surface area contributed by atoms with E-state index in [0.29, 0.717) is 18.2 Å². The molecule has 5 nitrogen and oxygen atoms in total. The van der Waals surface area contributed by atoms with Crippen LogP contribution in [-0.4, -0.2) is 23.5 Å². The molecule has 6 heteroatoms. The smallest absolute Gasteiger partial charge is 0.228 e. The summed E-state index contributed by atoms with van der Waals surface area (Å²) in [6, 6.07) is 26.1. The topological polar surface area (TPSA) is 54.5 Å². The summed E-state index contributed by atoms with van der Waals surface area (Å²) in [5.41, 5.74) is 3.12. The van der Waals surface area contributed by atoms with Crippen LogP contribution in [0, 0.1) is 0 Å². The van der Waals surface area contributed by atoms with Crippen molar-refractivity contribution in [2.75, 3.05) is 16.8 Å². The van der Waals surface area contributed by atoms with Gasteiger partial charge in [-0.1, -0.05) is 65.9 Å². The summed E-state index contributed by atoms with van der Waals surface area (Å²) in [5.74, 6) is 0.802. The largest absolute Gasteiger partial charge is 0.489 e. The van der Waals surface area contributed by atoms with Crippen molar-refractivity contribution in [2.24, 2.45) is 0 Å². The van der Waals surface area contributed by atoms with E-state index in [1.807, 2.05) is 60.7 Å². The number of benzene rings is 3. The second-order valence-corrected chi connectivity index (χ2v) is 8.32. The van der Waals surface area contributed by atoms with Crippen LogP contribution in [-0.2, 0) is 11.3 Å². The Hall–Kier alpha value is -3.38. The number of nitrogens with zero attached hydrogens (tertiary/aromatic N) is 2. The van der Waals surface area contributed by atoms with Gasteiger partial charge in [-0.15, -0.1) is 0 Å². The molecule has 0 saturated heterocycles. The lowest BCUT2D eigenvalue weighted by atomic mass is 10.1. The summed E-state index contributed by atoms with van der Waals surface area (Å²) in [7, 11) is 0. The highest BCUT2D eigenvalue weighted by Crippen LogP contribution is 2.35. The molecule has 3 aromatic carbocycles. The lowest BCUT2D eigenvalue weighted by molar-refractivity contribution is -0.116. The lowest BCUT2D eigenvalue weighted by Crippen LogP contribution is -2.44. The van der Waals surface area contributed by atoms with Crippen LogP contribution in [0.4, 0.5) is 10.8 Å². The number of rotatable bonds is 5. The van der Waals surface area contributed by atoms with Crippen molar-refractivity contribution in [1.82, 2.24) is 4.98 Å². The van der Waals surface area contributed by atoms with E-state index in [-0.39, 0.29) is 11.9 Å². The molecule has 1 N–H and O–H groups in total. The minimum Gasteiger partial charge on any atom is -0.489 e. The summed E-state index contributed by atoms with van der Waals surface area (Å²) < 4.78 is 7.03. The maximum Gasteiger partial charge on any atom is 0.228 e. The number of nitrogens with one attached hydrogen (secondary N) is 1. The van der Waals surface area contributed by atoms with Gasteiger partial charge in [0.1, 0.15) is 12.4 Å². The molecule has 1 amide bonds. The molecular formula is C24H21N3O2S. The fourth-order valence-electron chi connectivity index (χ4n) is 3.76. The third-order valence-electron chi connectivity index (χ3n) is 5.20. The predicted octanol–water partition coefficient (Wildman–Crippen LogP) is 5.09. The molecule has 1 atom stereocenters. The molecular weight excluding hydrogens is 394 g/mol. The summed E-state index contributed by atoms with van der Waals surface area (Å²) in [6.45, 7) is 1.19. The summed E-state index contributed by atoms with van der Waals surface area (Å²) in [4.78, 5) is 19.6. The van der Waals surface area contributed by atoms with Gasteiger partial charge in [0.25, 0.3) is 0 Å². The standard InChI is InChI=1S/C24H21N3O2S/c28-23(26-24-25-19-10-4-7-13-22(19)30-24)14-18-16-29-21-12-6-5-11-20(21)27(18)15-17-8-2-1-3-9-17/h1-13,18H,14-16H2,(H,25,26,28). The van der Waals surface area contributed by atoms with E-state index in [1.165, 1.54) is 16.9 Å². The minimum atomic E-state index is -0.0607. The van der Waals surface area contributed by atoms with Crippen LogP contribution < -0.4 is 15.0 Å². The van der Waals surface area contributed by atoms with Crippen molar-refractivity contribution in [1.29, 1.82) is 0 Å². The molecule has 4 aromatic rings. The zero-order valence-electron chi connectivity index (χ0n) is 16.3. The number of ether oxygens (including phenoxy) is 1. The monoisotopic (exact) mass is 415 g/mol. The first-order valence-electron chi connectivity index (χ1n) is 9.94. The van der Waals surface area contributed by atoms with Gasteiger partial charge >= 0.3 is 0 Å². The van der Waals surface area contributed by atoms with Gasteiger partial charge in [0.05, 0.1) is 28.4 Å². The lowest BCUT2D eigenvalue weighted by Gasteiger charge is -2.38. The third-order valence-corrected chi connectivity index (χ3v) is 6.16. The highest BCUT2D eigenvalue weighted by molar-refractivity contribution is 7.22. The van der Waals surface area contributed by atoms with Crippen molar-refractivity contribution in [3.63, 3.8) is 0 Å². The fourth-order valence-corrected chi connectivity index (χ4v) is 4.64. The molecule has 2 heterocycles. The molecule has 30 heavy (non-hydrogen) atoms. The van der Waals surface area contributed by atoms with Crippen LogP contribution >= 0.6 is 11.3 Å². The van der Waals surface area contributed by atoms with Gasteiger partial charge in [-0.2, -0.15) is 0 Å². The Morgan fingerprint density at radius 3 is 2.67 bits per heavy atom. The SMILES string of the molecule is O=C(CC1COc2ccccc2N1Cc1ccccc1)Nc1nc2ccccc2s1. The summed E-state index contributed by atoms with van der Waals surface area (Å²) in [5, 5.41) is 3.61. The number of hydrogen-bond acceptors (Lipinski definition) is 5. The number of thiazole rings is 1. The Kier molecular flexibility index (Phi) is 5.07. The fraction of sp³-hybridized carbons (Fsp3) is 0.167. The highest BCUT2D eigenvalue weighted by atomic mass is 32.1. The Morgan fingerprint density at radius 2 is 1.80 bits per heavy atom. The second-order valence-electron chi connectivity index (χ2n) is 7.29. The average molecular weight is 416 g/mol. The van der Waals surface area contributed by atoms with E-state index < -0.39 is 0 Å². The molecule has 0 aliphatic carbocycles. The normalized spacial score (nSPS) is 15.5. The molecule has 5 rings (SSSR count). The maximum absolute atomic E-state index is 12.8. The second kappa shape index (κ2) is 8.16. The zero-order valence-corrected chi connectivity index (χ0v) is 17.1. The van der Waals surface area contributed by atoms with Gasteiger partial charge in [0, 0.05) is 6.54 Å². The van der Waals surface area contributed by atoms with Crippen LogP contribution in [0.25, 0.3) is 10.2 Å². The minimum absolute atomic E-state index is 0.0555. The van der Waals surface area contributed by atoms with Gasteiger partial charge < -0.3 is 15.0 Å². The predicted molar refractivity (Wildman–Crippen MR) is 121 cm³/mol. The van der Waals surface area contributed by atoms with E-state index in [0.717, 1.165) is 28.2 Å². The van der Waals surface area contributed by atoms with Crippen molar-refractivity contribution in [3.8, 4) is 5.75 Å². The first-order valence-corrected chi connectivity index (χ1v) is 10.8. The van der Waals surface area contributed by atoms with Gasteiger partial charge in [0.15, 0.2) is 5.13 Å². The van der Waals surface area contributed by atoms with E-state index in [1.54, 1.807) is 0 Å². The number of aromatic nitrogens is 1.